The predicted octanol–water partition coefficient (Wildman–Crippen LogP) is 5.40. The number of ether oxygens (including phenoxy) is 1. The molecule has 0 aliphatic heterocycles. The Hall–Kier alpha value is -2.39. The molecule has 176 valence electrons. The standard InChI is InChI=1S/C23H29F2NO5S/c1-16-9-11-17(12-10-16)32(28,29)30-15-7-5-6-8-19-18(22(27)31-23(2,3)4)13-14-20(26-19)21(24)25/h9-14,21H,5-8,15H2,1-4H3. The van der Waals surface area contributed by atoms with Crippen LogP contribution < -0.4 is 0 Å². The maximum absolute atomic E-state index is 13.1. The molecule has 1 aromatic heterocycles. The number of halogens is 2. The lowest BCUT2D eigenvalue weighted by atomic mass is 10.1. The average Bonchev–Trinajstić information content (AvgIpc) is 2.69. The van der Waals surface area contributed by atoms with Crippen LogP contribution in [-0.2, 0) is 25.5 Å². The quantitative estimate of drug-likeness (QED) is 0.263. The Labute approximate surface area is 188 Å². The SMILES string of the molecule is Cc1ccc(S(=O)(=O)OCCCCCc2nc(C(F)F)ccc2C(=O)OC(C)(C)C)cc1. The van der Waals surface area contributed by atoms with Crippen LogP contribution in [0, 0.1) is 6.92 Å². The predicted molar refractivity (Wildman–Crippen MR) is 116 cm³/mol. The minimum atomic E-state index is -3.82. The van der Waals surface area contributed by atoms with E-state index >= 15 is 0 Å². The fraction of sp³-hybridized carbons (Fsp3) is 0.478. The normalized spacial score (nSPS) is 12.2. The number of hydrogen-bond donors (Lipinski definition) is 0. The molecule has 2 rings (SSSR count). The van der Waals surface area contributed by atoms with Gasteiger partial charge in [-0.15, -0.1) is 0 Å². The maximum Gasteiger partial charge on any atom is 0.340 e. The summed E-state index contributed by atoms with van der Waals surface area (Å²) in [5.74, 6) is -0.617. The highest BCUT2D eigenvalue weighted by atomic mass is 32.2. The van der Waals surface area contributed by atoms with Gasteiger partial charge >= 0.3 is 5.97 Å². The van der Waals surface area contributed by atoms with E-state index in [1.165, 1.54) is 18.2 Å². The molecule has 0 bridgehead atoms. The summed E-state index contributed by atoms with van der Waals surface area (Å²) in [7, 11) is -3.82. The van der Waals surface area contributed by atoms with Gasteiger partial charge in [0.05, 0.1) is 22.8 Å². The minimum Gasteiger partial charge on any atom is -0.456 e. The highest BCUT2D eigenvalue weighted by Crippen LogP contribution is 2.22. The van der Waals surface area contributed by atoms with E-state index in [0.29, 0.717) is 19.3 Å². The lowest BCUT2D eigenvalue weighted by Crippen LogP contribution is -2.25. The number of carbonyl (C=O) groups excluding carboxylic acids is 1. The van der Waals surface area contributed by atoms with Crippen LogP contribution in [0.5, 0.6) is 0 Å². The molecule has 0 unspecified atom stereocenters. The molecule has 0 atom stereocenters. The van der Waals surface area contributed by atoms with Gasteiger partial charge in [-0.1, -0.05) is 24.1 Å². The van der Waals surface area contributed by atoms with E-state index in [4.69, 9.17) is 8.92 Å². The Morgan fingerprint density at radius 2 is 1.69 bits per heavy atom. The number of carbonyl (C=O) groups is 1. The van der Waals surface area contributed by atoms with E-state index in [1.54, 1.807) is 32.9 Å². The van der Waals surface area contributed by atoms with Gasteiger partial charge in [0.2, 0.25) is 0 Å². The Balaban J connectivity index is 1.93. The van der Waals surface area contributed by atoms with Crippen LogP contribution in [0.3, 0.4) is 0 Å². The largest absolute Gasteiger partial charge is 0.456 e. The Kier molecular flexibility index (Phi) is 8.86. The zero-order valence-electron chi connectivity index (χ0n) is 18.7. The van der Waals surface area contributed by atoms with Crippen molar-refractivity contribution >= 4 is 16.1 Å². The smallest absolute Gasteiger partial charge is 0.340 e. The number of nitrogens with zero attached hydrogens (tertiary/aromatic N) is 1. The van der Waals surface area contributed by atoms with Crippen molar-refractivity contribution in [2.45, 2.75) is 70.3 Å². The lowest BCUT2D eigenvalue weighted by molar-refractivity contribution is 0.00671. The minimum absolute atomic E-state index is 0.000362. The average molecular weight is 470 g/mol. The number of esters is 1. The van der Waals surface area contributed by atoms with E-state index in [-0.39, 0.29) is 29.2 Å². The third-order valence-corrected chi connectivity index (χ3v) is 5.77. The van der Waals surface area contributed by atoms with Crippen LogP contribution in [0.1, 0.15) is 73.8 Å². The van der Waals surface area contributed by atoms with Crippen molar-refractivity contribution in [2.24, 2.45) is 0 Å². The summed E-state index contributed by atoms with van der Waals surface area (Å²) in [6.45, 7) is 7.01. The molecule has 0 radical (unpaired) electrons. The molecule has 0 saturated heterocycles. The van der Waals surface area contributed by atoms with Gasteiger partial charge in [-0.3, -0.25) is 9.17 Å². The third kappa shape index (κ3) is 7.94. The molecule has 32 heavy (non-hydrogen) atoms. The summed E-state index contributed by atoms with van der Waals surface area (Å²) in [5, 5.41) is 0. The highest BCUT2D eigenvalue weighted by molar-refractivity contribution is 7.86. The lowest BCUT2D eigenvalue weighted by Gasteiger charge is -2.20. The van der Waals surface area contributed by atoms with E-state index < -0.39 is 33.8 Å². The number of benzene rings is 1. The fourth-order valence-corrected chi connectivity index (χ4v) is 3.80. The molecule has 9 heteroatoms. The van der Waals surface area contributed by atoms with E-state index in [0.717, 1.165) is 11.6 Å². The summed E-state index contributed by atoms with van der Waals surface area (Å²) in [6.07, 6.45) is -0.940. The number of alkyl halides is 2. The molecular formula is C23H29F2NO5S. The number of aromatic nitrogens is 1. The molecule has 0 aliphatic carbocycles. The molecule has 1 heterocycles. The first kappa shape index (κ1) is 25.9. The van der Waals surface area contributed by atoms with Gasteiger partial charge in [-0.2, -0.15) is 8.42 Å². The molecule has 2 aromatic rings. The van der Waals surface area contributed by atoms with Gasteiger partial charge in [0.1, 0.15) is 11.3 Å². The van der Waals surface area contributed by atoms with Gasteiger partial charge in [-0.25, -0.2) is 13.6 Å². The Morgan fingerprint density at radius 1 is 1.03 bits per heavy atom. The Bertz CT molecular complexity index is 1020. The van der Waals surface area contributed by atoms with Gasteiger partial charge in [0, 0.05) is 0 Å². The number of hydrogen-bond acceptors (Lipinski definition) is 6. The zero-order chi connectivity index (χ0) is 23.9. The molecule has 0 amide bonds. The van der Waals surface area contributed by atoms with Crippen LogP contribution in [-0.4, -0.2) is 31.6 Å². The van der Waals surface area contributed by atoms with Crippen molar-refractivity contribution in [3.05, 3.63) is 58.9 Å². The molecule has 1 aromatic carbocycles. The number of rotatable bonds is 10. The van der Waals surface area contributed by atoms with Gasteiger partial charge < -0.3 is 4.74 Å². The Morgan fingerprint density at radius 3 is 2.28 bits per heavy atom. The van der Waals surface area contributed by atoms with Gasteiger partial charge in [0.25, 0.3) is 16.5 Å². The number of unbranched alkanes of at least 4 members (excludes halogenated alkanes) is 2. The van der Waals surface area contributed by atoms with Crippen molar-refractivity contribution in [1.29, 1.82) is 0 Å². The summed E-state index contributed by atoms with van der Waals surface area (Å²) in [6, 6.07) is 8.81. The van der Waals surface area contributed by atoms with Gasteiger partial charge in [0.15, 0.2) is 0 Å². The number of aryl methyl sites for hydroxylation is 2. The number of pyridine rings is 1. The first-order chi connectivity index (χ1) is 14.9. The van der Waals surface area contributed by atoms with Crippen molar-refractivity contribution in [3.8, 4) is 0 Å². The van der Waals surface area contributed by atoms with E-state index in [1.807, 2.05) is 6.92 Å². The topological polar surface area (TPSA) is 82.6 Å². The van der Waals surface area contributed by atoms with Crippen molar-refractivity contribution in [2.75, 3.05) is 6.61 Å². The first-order valence-electron chi connectivity index (χ1n) is 10.4. The van der Waals surface area contributed by atoms with Crippen LogP contribution >= 0.6 is 0 Å². The highest BCUT2D eigenvalue weighted by Gasteiger charge is 2.22. The zero-order valence-corrected chi connectivity index (χ0v) is 19.5. The maximum atomic E-state index is 13.1. The van der Waals surface area contributed by atoms with Gasteiger partial charge in [-0.05, 0) is 71.2 Å². The van der Waals surface area contributed by atoms with Crippen molar-refractivity contribution < 1.29 is 30.9 Å². The molecule has 0 saturated carbocycles. The van der Waals surface area contributed by atoms with Crippen LogP contribution in [0.25, 0.3) is 0 Å². The third-order valence-electron chi connectivity index (χ3n) is 4.44. The van der Waals surface area contributed by atoms with E-state index in [9.17, 15) is 22.0 Å². The van der Waals surface area contributed by atoms with Crippen molar-refractivity contribution in [3.63, 3.8) is 0 Å². The summed E-state index contributed by atoms with van der Waals surface area (Å²) in [4.78, 5) is 16.5. The second-order valence-electron chi connectivity index (χ2n) is 8.43. The molecule has 0 aliphatic rings. The van der Waals surface area contributed by atoms with Crippen molar-refractivity contribution in [1.82, 2.24) is 4.98 Å². The molecule has 6 nitrogen and oxygen atoms in total. The molecule has 0 N–H and O–H groups in total. The van der Waals surface area contributed by atoms with Crippen LogP contribution in [0.4, 0.5) is 8.78 Å². The molecule has 0 fully saturated rings. The summed E-state index contributed by atoms with van der Waals surface area (Å²) < 4.78 is 60.9. The van der Waals surface area contributed by atoms with Crippen LogP contribution in [0.15, 0.2) is 41.3 Å². The second kappa shape index (κ2) is 11.0. The molecule has 0 spiro atoms. The summed E-state index contributed by atoms with van der Waals surface area (Å²) >= 11 is 0. The molecular weight excluding hydrogens is 440 g/mol. The summed E-state index contributed by atoms with van der Waals surface area (Å²) in [5.41, 5.74) is 0.211. The second-order valence-corrected chi connectivity index (χ2v) is 10.0. The van der Waals surface area contributed by atoms with Crippen LogP contribution in [0.2, 0.25) is 0 Å². The first-order valence-corrected chi connectivity index (χ1v) is 11.8. The monoisotopic (exact) mass is 469 g/mol. The van der Waals surface area contributed by atoms with E-state index in [2.05, 4.69) is 4.98 Å². The fourth-order valence-electron chi connectivity index (χ4n) is 2.86.